The number of aliphatic hydroxyl groups excluding tert-OH is 1. The van der Waals surface area contributed by atoms with Crippen LogP contribution in [-0.4, -0.2) is 21.5 Å². The smallest absolute Gasteiger partial charge is 0.0638 e. The number of nitrogens with zero attached hydrogens (tertiary/aromatic N) is 2. The van der Waals surface area contributed by atoms with E-state index in [2.05, 4.69) is 22.5 Å². The van der Waals surface area contributed by atoms with Gasteiger partial charge in [0.15, 0.2) is 0 Å². The summed E-state index contributed by atoms with van der Waals surface area (Å²) in [6, 6.07) is 10.4. The van der Waals surface area contributed by atoms with Gasteiger partial charge in [0, 0.05) is 38.0 Å². The van der Waals surface area contributed by atoms with Crippen LogP contribution in [-0.2, 0) is 13.6 Å². The summed E-state index contributed by atoms with van der Waals surface area (Å²) < 4.78 is 1.83. The Bertz CT molecular complexity index is 507. The van der Waals surface area contributed by atoms with Gasteiger partial charge in [-0.3, -0.25) is 4.68 Å². The quantitative estimate of drug-likeness (QED) is 0.833. The monoisotopic (exact) mass is 259 g/mol. The van der Waals surface area contributed by atoms with E-state index in [1.54, 1.807) is 0 Å². The molecule has 1 aromatic carbocycles. The molecule has 1 heterocycles. The fraction of sp³-hybridized carbons (Fsp3) is 0.400. The number of aryl methyl sites for hydroxylation is 2. The Morgan fingerprint density at radius 1 is 1.32 bits per heavy atom. The Balaban J connectivity index is 2.03. The third-order valence-corrected chi connectivity index (χ3v) is 3.27. The maximum Gasteiger partial charge on any atom is 0.0638 e. The predicted octanol–water partition coefficient (Wildman–Crippen LogP) is 1.94. The minimum absolute atomic E-state index is 0.172. The Hall–Kier alpha value is -1.65. The van der Waals surface area contributed by atoms with E-state index in [4.69, 9.17) is 0 Å². The van der Waals surface area contributed by atoms with Crippen molar-refractivity contribution in [2.45, 2.75) is 25.9 Å². The Morgan fingerprint density at radius 3 is 2.63 bits per heavy atom. The first kappa shape index (κ1) is 13.8. The number of benzene rings is 1. The second-order valence-electron chi connectivity index (χ2n) is 4.77. The average molecular weight is 259 g/mol. The third-order valence-electron chi connectivity index (χ3n) is 3.27. The van der Waals surface area contributed by atoms with Gasteiger partial charge in [0.25, 0.3) is 0 Å². The second-order valence-corrected chi connectivity index (χ2v) is 4.77. The lowest BCUT2D eigenvalue weighted by atomic mass is 10.0. The molecule has 0 saturated carbocycles. The molecule has 0 amide bonds. The maximum absolute atomic E-state index is 9.20. The van der Waals surface area contributed by atoms with Gasteiger partial charge >= 0.3 is 0 Å². The van der Waals surface area contributed by atoms with Crippen molar-refractivity contribution in [3.63, 3.8) is 0 Å². The molecule has 4 heteroatoms. The molecule has 2 rings (SSSR count). The van der Waals surface area contributed by atoms with Crippen molar-refractivity contribution in [2.24, 2.45) is 7.05 Å². The van der Waals surface area contributed by atoms with Crippen molar-refractivity contribution in [2.75, 3.05) is 6.61 Å². The van der Waals surface area contributed by atoms with E-state index >= 15 is 0 Å². The molecule has 0 fully saturated rings. The summed E-state index contributed by atoms with van der Waals surface area (Å²) in [7, 11) is 1.93. The summed E-state index contributed by atoms with van der Waals surface area (Å²) in [5.74, 6) is 0. The molecule has 0 unspecified atom stereocenters. The number of aromatic nitrogens is 2. The van der Waals surface area contributed by atoms with Crippen LogP contribution in [0, 0.1) is 6.92 Å². The minimum Gasteiger partial charge on any atom is -0.396 e. The van der Waals surface area contributed by atoms with E-state index in [0.717, 1.165) is 12.2 Å². The van der Waals surface area contributed by atoms with Gasteiger partial charge in [-0.05, 0) is 18.9 Å². The van der Waals surface area contributed by atoms with Gasteiger partial charge in [-0.1, -0.05) is 30.3 Å². The highest BCUT2D eigenvalue weighted by atomic mass is 16.3. The molecular weight excluding hydrogens is 238 g/mol. The number of nitrogens with one attached hydrogen (secondary N) is 1. The summed E-state index contributed by atoms with van der Waals surface area (Å²) >= 11 is 0. The summed E-state index contributed by atoms with van der Waals surface area (Å²) in [4.78, 5) is 0. The molecule has 4 nitrogen and oxygen atoms in total. The Kier molecular flexibility index (Phi) is 4.71. The lowest BCUT2D eigenvalue weighted by molar-refractivity contribution is 0.265. The molecule has 0 spiro atoms. The summed E-state index contributed by atoms with van der Waals surface area (Å²) in [5.41, 5.74) is 3.45. The van der Waals surface area contributed by atoms with Gasteiger partial charge in [0.1, 0.15) is 0 Å². The van der Waals surface area contributed by atoms with Crippen LogP contribution in [0.3, 0.4) is 0 Å². The van der Waals surface area contributed by atoms with Gasteiger partial charge < -0.3 is 10.4 Å². The van der Waals surface area contributed by atoms with E-state index in [1.165, 1.54) is 11.1 Å². The largest absolute Gasteiger partial charge is 0.396 e. The van der Waals surface area contributed by atoms with Crippen molar-refractivity contribution in [3.8, 4) is 0 Å². The van der Waals surface area contributed by atoms with Gasteiger partial charge in [-0.15, -0.1) is 0 Å². The fourth-order valence-electron chi connectivity index (χ4n) is 2.26. The van der Waals surface area contributed by atoms with Crippen molar-refractivity contribution in [1.82, 2.24) is 15.1 Å². The maximum atomic E-state index is 9.20. The number of hydrogen-bond donors (Lipinski definition) is 2. The van der Waals surface area contributed by atoms with Crippen LogP contribution in [0.25, 0.3) is 0 Å². The summed E-state index contributed by atoms with van der Waals surface area (Å²) in [6.07, 6.45) is 2.74. The highest BCUT2D eigenvalue weighted by Gasteiger charge is 2.11. The first-order valence-corrected chi connectivity index (χ1v) is 6.59. The van der Waals surface area contributed by atoms with Crippen molar-refractivity contribution < 1.29 is 5.11 Å². The van der Waals surface area contributed by atoms with Crippen molar-refractivity contribution in [1.29, 1.82) is 0 Å². The highest BCUT2D eigenvalue weighted by Crippen LogP contribution is 2.17. The van der Waals surface area contributed by atoms with Crippen LogP contribution in [0.5, 0.6) is 0 Å². The van der Waals surface area contributed by atoms with Crippen LogP contribution >= 0.6 is 0 Å². The molecule has 0 aliphatic carbocycles. The highest BCUT2D eigenvalue weighted by molar-refractivity contribution is 5.20. The van der Waals surface area contributed by atoms with Crippen LogP contribution in [0.1, 0.15) is 29.3 Å². The van der Waals surface area contributed by atoms with Crippen molar-refractivity contribution >= 4 is 0 Å². The molecule has 0 bridgehead atoms. The molecule has 0 radical (unpaired) electrons. The zero-order valence-electron chi connectivity index (χ0n) is 11.5. The van der Waals surface area contributed by atoms with E-state index < -0.39 is 0 Å². The zero-order chi connectivity index (χ0) is 13.7. The molecule has 19 heavy (non-hydrogen) atoms. The van der Waals surface area contributed by atoms with Crippen LogP contribution < -0.4 is 5.32 Å². The summed E-state index contributed by atoms with van der Waals surface area (Å²) in [5, 5.41) is 17.0. The Morgan fingerprint density at radius 2 is 2.05 bits per heavy atom. The van der Waals surface area contributed by atoms with Gasteiger partial charge in [-0.25, -0.2) is 0 Å². The molecule has 1 aromatic heterocycles. The number of rotatable bonds is 6. The Labute approximate surface area is 114 Å². The first-order chi connectivity index (χ1) is 9.20. The molecule has 102 valence electrons. The first-order valence-electron chi connectivity index (χ1n) is 6.59. The van der Waals surface area contributed by atoms with Gasteiger partial charge in [0.05, 0.1) is 5.69 Å². The molecule has 0 aliphatic rings. The van der Waals surface area contributed by atoms with E-state index in [1.807, 2.05) is 43.0 Å². The average Bonchev–Trinajstić information content (AvgIpc) is 2.74. The van der Waals surface area contributed by atoms with Crippen LogP contribution in [0.4, 0.5) is 0 Å². The van der Waals surface area contributed by atoms with Crippen LogP contribution in [0.15, 0.2) is 36.5 Å². The molecule has 2 aromatic rings. The molecule has 0 saturated heterocycles. The minimum atomic E-state index is 0.172. The lowest BCUT2D eigenvalue weighted by Crippen LogP contribution is -2.22. The molecular formula is C15H21N3O. The van der Waals surface area contributed by atoms with E-state index in [9.17, 15) is 5.11 Å². The zero-order valence-corrected chi connectivity index (χ0v) is 11.5. The van der Waals surface area contributed by atoms with Crippen LogP contribution in [0.2, 0.25) is 0 Å². The normalized spacial score (nSPS) is 12.6. The lowest BCUT2D eigenvalue weighted by Gasteiger charge is -2.18. The predicted molar refractivity (Wildman–Crippen MR) is 75.7 cm³/mol. The van der Waals surface area contributed by atoms with Crippen molar-refractivity contribution in [3.05, 3.63) is 53.3 Å². The van der Waals surface area contributed by atoms with Gasteiger partial charge in [0.2, 0.25) is 0 Å². The second kappa shape index (κ2) is 6.50. The van der Waals surface area contributed by atoms with Gasteiger partial charge in [-0.2, -0.15) is 5.10 Å². The standard InChI is InChI=1S/C15H21N3O/c1-12-14(11-18(2)17-12)10-16-15(8-9-19)13-6-4-3-5-7-13/h3-7,11,15-16,19H,8-10H2,1-2H3/t15-/m1/s1. The number of hydrogen-bond acceptors (Lipinski definition) is 3. The molecule has 2 N–H and O–H groups in total. The fourth-order valence-corrected chi connectivity index (χ4v) is 2.26. The third kappa shape index (κ3) is 3.66. The number of aliphatic hydroxyl groups is 1. The van der Waals surface area contributed by atoms with E-state index in [-0.39, 0.29) is 12.6 Å². The molecule has 1 atom stereocenters. The topological polar surface area (TPSA) is 50.1 Å². The van der Waals surface area contributed by atoms with E-state index in [0.29, 0.717) is 6.42 Å². The summed E-state index contributed by atoms with van der Waals surface area (Å²) in [6.45, 7) is 2.96. The SMILES string of the molecule is Cc1nn(C)cc1CN[C@H](CCO)c1ccccc1. The molecule has 0 aliphatic heterocycles.